The summed E-state index contributed by atoms with van der Waals surface area (Å²) in [6.07, 6.45) is 0.910. The zero-order valence-electron chi connectivity index (χ0n) is 16.4. The summed E-state index contributed by atoms with van der Waals surface area (Å²) in [5.41, 5.74) is -0.829. The molecule has 0 spiro atoms. The Bertz CT molecular complexity index is 1010. The number of esters is 1. The number of thiophene rings is 1. The molecule has 0 aliphatic carbocycles. The molecule has 30 heavy (non-hydrogen) atoms. The molecule has 1 unspecified atom stereocenters. The van der Waals surface area contributed by atoms with E-state index in [9.17, 15) is 19.2 Å². The van der Waals surface area contributed by atoms with Gasteiger partial charge in [0.2, 0.25) is 11.6 Å². The number of carbonyl (C=O) groups excluding carboxylic acids is 4. The van der Waals surface area contributed by atoms with E-state index in [2.05, 4.69) is 5.32 Å². The first-order chi connectivity index (χ1) is 14.4. The number of hydrogen-bond donors (Lipinski definition) is 1. The lowest BCUT2D eigenvalue weighted by Crippen LogP contribution is -2.67. The van der Waals surface area contributed by atoms with Gasteiger partial charge in [0.15, 0.2) is 6.61 Å². The summed E-state index contributed by atoms with van der Waals surface area (Å²) < 4.78 is 5.28. The Labute approximate surface area is 177 Å². The lowest BCUT2D eigenvalue weighted by atomic mass is 9.97. The molecule has 4 rings (SSSR count). The van der Waals surface area contributed by atoms with Crippen molar-refractivity contribution < 1.29 is 23.9 Å². The van der Waals surface area contributed by atoms with E-state index in [1.807, 2.05) is 17.5 Å². The molecule has 9 heteroatoms. The fraction of sp³-hybridized carbons (Fsp3) is 0.333. The van der Waals surface area contributed by atoms with Crippen LogP contribution in [0.5, 0.6) is 0 Å². The largest absolute Gasteiger partial charge is 0.452 e. The third kappa shape index (κ3) is 3.24. The molecule has 1 N–H and O–H groups in total. The van der Waals surface area contributed by atoms with Crippen LogP contribution in [0.1, 0.15) is 28.1 Å². The van der Waals surface area contributed by atoms with E-state index in [0.717, 1.165) is 4.88 Å². The van der Waals surface area contributed by atoms with Crippen molar-refractivity contribution >= 4 is 40.7 Å². The van der Waals surface area contributed by atoms with Crippen LogP contribution in [0.15, 0.2) is 41.8 Å². The van der Waals surface area contributed by atoms with Gasteiger partial charge in [0, 0.05) is 31.3 Å². The van der Waals surface area contributed by atoms with Crippen LogP contribution >= 0.6 is 11.3 Å². The molecule has 156 valence electrons. The van der Waals surface area contributed by atoms with Crippen LogP contribution in [-0.2, 0) is 25.5 Å². The van der Waals surface area contributed by atoms with Gasteiger partial charge in [-0.2, -0.15) is 0 Å². The van der Waals surface area contributed by atoms with E-state index in [1.54, 1.807) is 35.6 Å². The third-order valence-electron chi connectivity index (χ3n) is 5.48. The fourth-order valence-electron chi connectivity index (χ4n) is 3.97. The number of nitrogens with one attached hydrogen (secondary N) is 1. The standard InChI is InChI=1S/C21H21N3O5S/c1-23-19(27)15-6-2-3-7-16(15)24-18(26)8-10-21(23,24)20(28)29-13-17(25)22-11-9-14-5-4-12-30-14/h2-7,12H,8-11,13H2,1H3,(H,22,25). The fourth-order valence-corrected chi connectivity index (χ4v) is 4.68. The first-order valence-electron chi connectivity index (χ1n) is 9.61. The maximum absolute atomic E-state index is 13.1. The van der Waals surface area contributed by atoms with Gasteiger partial charge in [-0.05, 0) is 30.0 Å². The minimum absolute atomic E-state index is 0.105. The summed E-state index contributed by atoms with van der Waals surface area (Å²) in [6, 6.07) is 10.6. The van der Waals surface area contributed by atoms with Gasteiger partial charge in [-0.25, -0.2) is 4.79 Å². The van der Waals surface area contributed by atoms with E-state index >= 15 is 0 Å². The van der Waals surface area contributed by atoms with Gasteiger partial charge < -0.3 is 15.0 Å². The summed E-state index contributed by atoms with van der Waals surface area (Å²) in [7, 11) is 1.48. The Morgan fingerprint density at radius 3 is 2.77 bits per heavy atom. The van der Waals surface area contributed by atoms with Crippen LogP contribution in [0.25, 0.3) is 0 Å². The zero-order chi connectivity index (χ0) is 21.3. The van der Waals surface area contributed by atoms with Crippen LogP contribution in [0.2, 0.25) is 0 Å². The van der Waals surface area contributed by atoms with Crippen LogP contribution in [-0.4, -0.2) is 54.5 Å². The van der Waals surface area contributed by atoms with Crippen molar-refractivity contribution in [1.82, 2.24) is 10.2 Å². The number of amides is 3. The SMILES string of the molecule is CN1C(=O)c2ccccc2N2C(=O)CCC12C(=O)OCC(=O)NCCc1cccs1. The topological polar surface area (TPSA) is 96.0 Å². The van der Waals surface area contributed by atoms with Crippen LogP contribution in [0.4, 0.5) is 5.69 Å². The molecule has 3 amide bonds. The van der Waals surface area contributed by atoms with E-state index in [4.69, 9.17) is 4.74 Å². The number of nitrogens with zero attached hydrogens (tertiary/aromatic N) is 2. The Kier molecular flexibility index (Phi) is 5.29. The number of ether oxygens (including phenoxy) is 1. The molecule has 2 aromatic rings. The van der Waals surface area contributed by atoms with Gasteiger partial charge >= 0.3 is 5.97 Å². The molecule has 8 nitrogen and oxygen atoms in total. The highest BCUT2D eigenvalue weighted by Gasteiger charge is 2.60. The van der Waals surface area contributed by atoms with Gasteiger partial charge in [-0.15, -0.1) is 11.3 Å². The predicted molar refractivity (Wildman–Crippen MR) is 110 cm³/mol. The smallest absolute Gasteiger partial charge is 0.354 e. The molecular formula is C21H21N3O5S. The highest BCUT2D eigenvalue weighted by atomic mass is 32.1. The molecule has 2 aliphatic heterocycles. The molecule has 0 radical (unpaired) electrons. The monoisotopic (exact) mass is 427 g/mol. The molecule has 1 atom stereocenters. The first-order valence-corrected chi connectivity index (χ1v) is 10.5. The normalized spacial score (nSPS) is 20.0. The van der Waals surface area contributed by atoms with Gasteiger partial charge in [0.25, 0.3) is 11.8 Å². The lowest BCUT2D eigenvalue weighted by molar-refractivity contribution is -0.159. The second kappa shape index (κ2) is 7.91. The van der Waals surface area contributed by atoms with Crippen molar-refractivity contribution in [2.45, 2.75) is 24.9 Å². The summed E-state index contributed by atoms with van der Waals surface area (Å²) in [5.74, 6) is -1.85. The highest BCUT2D eigenvalue weighted by Crippen LogP contribution is 2.44. The number of anilines is 1. The molecule has 1 aromatic heterocycles. The summed E-state index contributed by atoms with van der Waals surface area (Å²) in [5, 5.41) is 4.68. The van der Waals surface area contributed by atoms with E-state index in [-0.39, 0.29) is 24.7 Å². The lowest BCUT2D eigenvalue weighted by Gasteiger charge is -2.46. The maximum Gasteiger partial charge on any atom is 0.354 e. The average Bonchev–Trinajstić information content (AvgIpc) is 3.39. The van der Waals surface area contributed by atoms with Gasteiger partial charge in [-0.3, -0.25) is 19.3 Å². The van der Waals surface area contributed by atoms with Crippen LogP contribution < -0.4 is 10.2 Å². The number of para-hydroxylation sites is 1. The third-order valence-corrected chi connectivity index (χ3v) is 6.41. The number of benzene rings is 1. The van der Waals surface area contributed by atoms with E-state index in [0.29, 0.717) is 24.2 Å². The maximum atomic E-state index is 13.1. The molecule has 1 fully saturated rings. The number of rotatable bonds is 6. The molecule has 1 saturated heterocycles. The number of likely N-dealkylation sites (N-methyl/N-ethyl adjacent to an activating group) is 1. The molecule has 2 aliphatic rings. The second-order valence-electron chi connectivity index (χ2n) is 7.18. The van der Waals surface area contributed by atoms with Gasteiger partial charge in [0.05, 0.1) is 11.3 Å². The Balaban J connectivity index is 1.46. The quantitative estimate of drug-likeness (QED) is 0.706. The van der Waals surface area contributed by atoms with Crippen LogP contribution in [0, 0.1) is 0 Å². The molecule has 0 saturated carbocycles. The van der Waals surface area contributed by atoms with Crippen molar-refractivity contribution in [1.29, 1.82) is 0 Å². The van der Waals surface area contributed by atoms with Crippen molar-refractivity contribution in [3.05, 3.63) is 52.2 Å². The summed E-state index contributed by atoms with van der Waals surface area (Å²) in [4.78, 5) is 54.4. The minimum Gasteiger partial charge on any atom is -0.452 e. The summed E-state index contributed by atoms with van der Waals surface area (Å²) in [6.45, 7) is -0.0465. The van der Waals surface area contributed by atoms with Gasteiger partial charge in [-0.1, -0.05) is 18.2 Å². The molecule has 0 bridgehead atoms. The molecule has 1 aromatic carbocycles. The van der Waals surface area contributed by atoms with E-state index < -0.39 is 24.1 Å². The minimum atomic E-state index is -1.57. The Morgan fingerprint density at radius 2 is 2.00 bits per heavy atom. The molecule has 3 heterocycles. The number of fused-ring (bicyclic) bond motifs is 3. The van der Waals surface area contributed by atoms with E-state index in [1.165, 1.54) is 16.8 Å². The number of hydrogen-bond acceptors (Lipinski definition) is 6. The highest BCUT2D eigenvalue weighted by molar-refractivity contribution is 7.09. The zero-order valence-corrected chi connectivity index (χ0v) is 17.2. The van der Waals surface area contributed by atoms with Crippen molar-refractivity contribution in [2.75, 3.05) is 25.1 Å². The van der Waals surface area contributed by atoms with Crippen molar-refractivity contribution in [2.24, 2.45) is 0 Å². The Morgan fingerprint density at radius 1 is 1.20 bits per heavy atom. The van der Waals surface area contributed by atoms with Gasteiger partial charge in [0.1, 0.15) is 0 Å². The molecular weight excluding hydrogens is 406 g/mol. The predicted octanol–water partition coefficient (Wildman–Crippen LogP) is 1.56. The second-order valence-corrected chi connectivity index (χ2v) is 8.21. The Hall–Kier alpha value is -3.20. The van der Waals surface area contributed by atoms with Crippen molar-refractivity contribution in [3.8, 4) is 0 Å². The van der Waals surface area contributed by atoms with Crippen molar-refractivity contribution in [3.63, 3.8) is 0 Å². The summed E-state index contributed by atoms with van der Waals surface area (Å²) >= 11 is 1.60. The first kappa shape index (κ1) is 20.1. The number of carbonyl (C=O) groups is 4. The average molecular weight is 427 g/mol. The van der Waals surface area contributed by atoms with Crippen LogP contribution in [0.3, 0.4) is 0 Å².